The molecule has 5 heteroatoms. The van der Waals surface area contributed by atoms with Crippen molar-refractivity contribution in [3.05, 3.63) is 0 Å². The Balaban J connectivity index is 0.000000291. The van der Waals surface area contributed by atoms with Gasteiger partial charge in [0.15, 0.2) is 0 Å². The maximum Gasteiger partial charge on any atom is 0.109 e. The molecule has 0 radical (unpaired) electrons. The van der Waals surface area contributed by atoms with Crippen LogP contribution in [0.2, 0.25) is 0 Å². The maximum atomic E-state index is 5.43. The van der Waals surface area contributed by atoms with Crippen molar-refractivity contribution in [2.24, 2.45) is 5.84 Å². The summed E-state index contributed by atoms with van der Waals surface area (Å²) in [5, 5.41) is 5.02. The van der Waals surface area contributed by atoms with E-state index in [0.29, 0.717) is 0 Å². The first kappa shape index (κ1) is 9.39. The molecule has 0 bridgehead atoms. The molecule has 0 atom stereocenters. The minimum absolute atomic E-state index is 0.778. The van der Waals surface area contributed by atoms with Crippen LogP contribution in [0.4, 0.5) is 0 Å². The van der Waals surface area contributed by atoms with Crippen molar-refractivity contribution in [2.45, 2.75) is 0 Å². The van der Waals surface area contributed by atoms with E-state index < -0.39 is 0 Å². The van der Waals surface area contributed by atoms with Crippen molar-refractivity contribution in [3.63, 3.8) is 0 Å². The smallest absolute Gasteiger partial charge is 0.109 e. The normalized spacial score (nSPS) is 20.7. The number of piperazine rings is 1. The van der Waals surface area contributed by atoms with Gasteiger partial charge in [0, 0.05) is 26.2 Å². The molecular weight excluding hydrogens is 154 g/mol. The second-order valence-electron chi connectivity index (χ2n) is 1.79. The van der Waals surface area contributed by atoms with Gasteiger partial charge in [-0.05, 0) is 0 Å². The fraction of sp³-hybridized carbons (Fsp3) is 1.00. The molecule has 0 saturated carbocycles. The number of nitrogens with two attached hydrogens (primary N) is 1. The van der Waals surface area contributed by atoms with Crippen LogP contribution in [0.1, 0.15) is 0 Å². The van der Waals surface area contributed by atoms with Crippen LogP contribution in [0, 0.1) is 0 Å². The second-order valence-corrected chi connectivity index (χ2v) is 1.79. The molecule has 0 spiro atoms. The first-order chi connectivity index (χ1) is 4.39. The molecule has 9 heavy (non-hydrogen) atoms. The number of rotatable bonds is 0. The Morgan fingerprint density at radius 3 is 2.00 bits per heavy atom. The van der Waals surface area contributed by atoms with Gasteiger partial charge in [-0.25, -0.2) is 5.01 Å². The average Bonchev–Trinajstić information content (AvgIpc) is 1.94. The Hall–Kier alpha value is 0.387. The molecule has 1 aliphatic rings. The summed E-state index contributed by atoms with van der Waals surface area (Å²) in [6, 6.07) is 0. The van der Waals surface area contributed by atoms with Gasteiger partial charge in [-0.3, -0.25) is 5.84 Å². The van der Waals surface area contributed by atoms with E-state index in [0.717, 1.165) is 35.7 Å². The van der Waals surface area contributed by atoms with Crippen molar-refractivity contribution in [2.75, 3.05) is 26.2 Å². The number of halogens is 1. The lowest BCUT2D eigenvalue weighted by Gasteiger charge is -2.21. The van der Waals surface area contributed by atoms with Gasteiger partial charge in [0.2, 0.25) is 0 Å². The first-order valence-corrected chi connectivity index (χ1v) is 6.00. The molecule has 0 aromatic heterocycles. The molecule has 1 aliphatic heterocycles. The van der Waals surface area contributed by atoms with Gasteiger partial charge in [0.05, 0.1) is 0 Å². The summed E-state index contributed by atoms with van der Waals surface area (Å²) >= 11 is 4.78. The van der Waals surface area contributed by atoms with Gasteiger partial charge in [0.1, 0.15) is 9.55 Å². The lowest BCUT2D eigenvalue weighted by atomic mass is 10.4. The van der Waals surface area contributed by atoms with E-state index in [1.165, 1.54) is 0 Å². The Morgan fingerprint density at radius 2 is 1.78 bits per heavy atom. The number of nitrogens with zero attached hydrogens (tertiary/aromatic N) is 1. The van der Waals surface area contributed by atoms with E-state index in [9.17, 15) is 0 Å². The van der Waals surface area contributed by atoms with Crippen LogP contribution in [0.25, 0.3) is 0 Å². The van der Waals surface area contributed by atoms with E-state index in [4.69, 9.17) is 16.9 Å². The lowest BCUT2D eigenvalue weighted by Crippen LogP contribution is -2.47. The molecule has 1 heterocycles. The molecule has 56 valence electrons. The summed E-state index contributed by atoms with van der Waals surface area (Å²) < 4.78 is 0. The predicted octanol–water partition coefficient (Wildman–Crippen LogP) is -1.73. The molecular formula is C4H14ClN3Si. The third kappa shape index (κ3) is 4.86. The molecule has 0 aliphatic carbocycles. The van der Waals surface area contributed by atoms with Crippen molar-refractivity contribution < 1.29 is 0 Å². The molecule has 0 amide bonds. The Morgan fingerprint density at radius 1 is 1.33 bits per heavy atom. The van der Waals surface area contributed by atoms with Crippen molar-refractivity contribution in [3.8, 4) is 0 Å². The van der Waals surface area contributed by atoms with Crippen molar-refractivity contribution in [1.29, 1.82) is 0 Å². The fourth-order valence-corrected chi connectivity index (χ4v) is 0.682. The second kappa shape index (κ2) is 6.51. The SMILES string of the molecule is NN1CCNCC1.[SiH3]Cl. The maximum absolute atomic E-state index is 5.43. The van der Waals surface area contributed by atoms with Crippen LogP contribution in [0.15, 0.2) is 0 Å². The highest BCUT2D eigenvalue weighted by molar-refractivity contribution is 6.80. The Labute approximate surface area is 63.6 Å². The van der Waals surface area contributed by atoms with Crippen LogP contribution in [-0.4, -0.2) is 40.7 Å². The van der Waals surface area contributed by atoms with Crippen LogP contribution in [0.3, 0.4) is 0 Å². The highest BCUT2D eigenvalue weighted by Gasteiger charge is 2.01. The summed E-state index contributed by atoms with van der Waals surface area (Å²) in [6.07, 6.45) is 0. The van der Waals surface area contributed by atoms with Gasteiger partial charge in [-0.15, -0.1) is 0 Å². The topological polar surface area (TPSA) is 41.3 Å². The first-order valence-electron chi connectivity index (χ1n) is 2.98. The summed E-state index contributed by atoms with van der Waals surface area (Å²) in [4.78, 5) is 0. The Kier molecular flexibility index (Phi) is 6.79. The van der Waals surface area contributed by atoms with Gasteiger partial charge in [-0.1, -0.05) is 0 Å². The van der Waals surface area contributed by atoms with Crippen LogP contribution < -0.4 is 11.2 Å². The van der Waals surface area contributed by atoms with Gasteiger partial charge >= 0.3 is 0 Å². The quantitative estimate of drug-likeness (QED) is 0.256. The van der Waals surface area contributed by atoms with E-state index >= 15 is 0 Å². The van der Waals surface area contributed by atoms with Gasteiger partial charge in [-0.2, -0.15) is 11.1 Å². The number of hydrogen-bond acceptors (Lipinski definition) is 3. The number of hydrazine groups is 1. The lowest BCUT2D eigenvalue weighted by molar-refractivity contribution is 0.248. The van der Waals surface area contributed by atoms with Crippen molar-refractivity contribution in [1.82, 2.24) is 10.3 Å². The number of nitrogens with one attached hydrogen (secondary N) is 1. The third-order valence-electron chi connectivity index (χ3n) is 1.15. The zero-order chi connectivity index (χ0) is 7.11. The highest BCUT2D eigenvalue weighted by atomic mass is 35.6. The average molecular weight is 168 g/mol. The standard InChI is InChI=1S/C4H11N3.ClH3Si/c5-7-3-1-6-2-4-7;1-2/h6H,1-5H2;2H3. The van der Waals surface area contributed by atoms with Gasteiger partial charge < -0.3 is 5.32 Å². The molecule has 3 N–H and O–H groups in total. The van der Waals surface area contributed by atoms with E-state index in [2.05, 4.69) is 5.32 Å². The summed E-state index contributed by atoms with van der Waals surface area (Å²) in [5.74, 6) is 5.43. The molecule has 0 aromatic carbocycles. The summed E-state index contributed by atoms with van der Waals surface area (Å²) in [7, 11) is 0.778. The minimum Gasteiger partial charge on any atom is -0.314 e. The highest BCUT2D eigenvalue weighted by Crippen LogP contribution is 1.79. The van der Waals surface area contributed by atoms with Crippen LogP contribution in [0.5, 0.6) is 0 Å². The predicted molar refractivity (Wildman–Crippen MR) is 44.4 cm³/mol. The van der Waals surface area contributed by atoms with E-state index in [1.807, 2.05) is 5.01 Å². The zero-order valence-corrected chi connectivity index (χ0v) is 8.49. The molecule has 1 fully saturated rings. The third-order valence-corrected chi connectivity index (χ3v) is 1.15. The summed E-state index contributed by atoms with van der Waals surface area (Å²) in [6.45, 7) is 4.05. The number of hydrogen-bond donors (Lipinski definition) is 2. The van der Waals surface area contributed by atoms with E-state index in [1.54, 1.807) is 0 Å². The molecule has 3 nitrogen and oxygen atoms in total. The van der Waals surface area contributed by atoms with Crippen LogP contribution in [-0.2, 0) is 0 Å². The largest absolute Gasteiger partial charge is 0.314 e. The minimum atomic E-state index is 0.778. The Bertz CT molecular complexity index is 57.8. The molecule has 1 rings (SSSR count). The molecule has 1 saturated heterocycles. The monoisotopic (exact) mass is 167 g/mol. The fourth-order valence-electron chi connectivity index (χ4n) is 0.682. The summed E-state index contributed by atoms with van der Waals surface area (Å²) in [5.41, 5.74) is 0. The van der Waals surface area contributed by atoms with Crippen LogP contribution >= 0.6 is 11.1 Å². The van der Waals surface area contributed by atoms with E-state index in [-0.39, 0.29) is 0 Å². The molecule has 0 aromatic rings. The zero-order valence-electron chi connectivity index (χ0n) is 5.73. The van der Waals surface area contributed by atoms with Crippen molar-refractivity contribution >= 4 is 20.6 Å². The molecule has 0 unspecified atom stereocenters. The van der Waals surface area contributed by atoms with Gasteiger partial charge in [0.25, 0.3) is 0 Å².